The van der Waals surface area contributed by atoms with Crippen LogP contribution in [0.5, 0.6) is 0 Å². The van der Waals surface area contributed by atoms with Crippen molar-refractivity contribution in [2.45, 2.75) is 96.2 Å². The van der Waals surface area contributed by atoms with Gasteiger partial charge in [-0.2, -0.15) is 0 Å². The van der Waals surface area contributed by atoms with E-state index in [1.807, 2.05) is 0 Å². The van der Waals surface area contributed by atoms with E-state index in [9.17, 15) is 15.0 Å². The molecule has 0 unspecified atom stereocenters. The number of aliphatic hydroxyl groups excluding tert-OH is 2. The molecule has 0 aromatic rings. The van der Waals surface area contributed by atoms with E-state index < -0.39 is 18.2 Å². The largest absolute Gasteiger partial charge is 0.481 e. The minimum Gasteiger partial charge on any atom is -0.481 e. The van der Waals surface area contributed by atoms with Crippen molar-refractivity contribution < 1.29 is 20.1 Å². The fourth-order valence-electron chi connectivity index (χ4n) is 2.33. The maximum Gasteiger partial charge on any atom is 0.303 e. The Balaban J connectivity index is 3.41. The molecular weight excluding hydrogens is 256 g/mol. The third kappa shape index (κ3) is 12.4. The molecule has 0 aliphatic carbocycles. The molecule has 0 aliphatic heterocycles. The summed E-state index contributed by atoms with van der Waals surface area (Å²) in [5.41, 5.74) is 0. The van der Waals surface area contributed by atoms with Gasteiger partial charge in [-0.3, -0.25) is 4.79 Å². The molecule has 20 heavy (non-hydrogen) atoms. The molecule has 4 heteroatoms. The maximum atomic E-state index is 10.3. The second kappa shape index (κ2) is 13.4. The number of aliphatic carboxylic acids is 1. The lowest BCUT2D eigenvalue weighted by Gasteiger charge is -2.17. The Morgan fingerprint density at radius 3 is 1.75 bits per heavy atom. The topological polar surface area (TPSA) is 77.8 Å². The third-order valence-corrected chi connectivity index (χ3v) is 3.69. The predicted molar refractivity (Wildman–Crippen MR) is 80.7 cm³/mol. The highest BCUT2D eigenvalue weighted by Crippen LogP contribution is 2.14. The fraction of sp³-hybridized carbons (Fsp3) is 0.938. The maximum absolute atomic E-state index is 10.3. The first-order chi connectivity index (χ1) is 9.57. The Bertz CT molecular complexity index is 231. The molecule has 0 aromatic heterocycles. The van der Waals surface area contributed by atoms with E-state index in [4.69, 9.17) is 5.11 Å². The van der Waals surface area contributed by atoms with Crippen LogP contribution in [0.15, 0.2) is 0 Å². The molecule has 2 atom stereocenters. The smallest absolute Gasteiger partial charge is 0.303 e. The van der Waals surface area contributed by atoms with Crippen LogP contribution in [0, 0.1) is 0 Å². The van der Waals surface area contributed by atoms with Crippen molar-refractivity contribution in [1.82, 2.24) is 0 Å². The van der Waals surface area contributed by atoms with Crippen LogP contribution >= 0.6 is 0 Å². The van der Waals surface area contributed by atoms with Crippen molar-refractivity contribution in [3.8, 4) is 0 Å². The fourth-order valence-corrected chi connectivity index (χ4v) is 2.33. The summed E-state index contributed by atoms with van der Waals surface area (Å²) in [6, 6.07) is 0. The summed E-state index contributed by atoms with van der Waals surface area (Å²) in [5, 5.41) is 28.1. The highest BCUT2D eigenvalue weighted by molar-refractivity contribution is 5.66. The van der Waals surface area contributed by atoms with E-state index in [0.717, 1.165) is 25.7 Å². The van der Waals surface area contributed by atoms with Crippen LogP contribution in [0.25, 0.3) is 0 Å². The standard InChI is InChI=1S/C16H32O4/c1-2-3-4-5-6-8-11-14(17)15(18)12-9-7-10-13-16(19)20/h14-15,17-18H,2-13H2,1H3,(H,19,20)/t14-,15+/m0/s1. The molecule has 0 saturated carbocycles. The Morgan fingerprint density at radius 1 is 0.800 bits per heavy atom. The van der Waals surface area contributed by atoms with Crippen molar-refractivity contribution in [1.29, 1.82) is 0 Å². The average molecular weight is 288 g/mol. The number of carboxylic acid groups (broad SMARTS) is 1. The van der Waals surface area contributed by atoms with Crippen LogP contribution in [-0.2, 0) is 4.79 Å². The number of unbranched alkanes of at least 4 members (excludes halogenated alkanes) is 7. The molecule has 0 radical (unpaired) electrons. The Kier molecular flexibility index (Phi) is 13.0. The quantitative estimate of drug-likeness (QED) is 0.428. The molecule has 0 heterocycles. The molecule has 0 aromatic carbocycles. The van der Waals surface area contributed by atoms with Crippen LogP contribution in [-0.4, -0.2) is 33.5 Å². The van der Waals surface area contributed by atoms with Gasteiger partial charge in [0.25, 0.3) is 0 Å². The number of aliphatic hydroxyl groups is 2. The Morgan fingerprint density at radius 2 is 1.25 bits per heavy atom. The minimum atomic E-state index is -0.770. The first-order valence-corrected chi connectivity index (χ1v) is 8.15. The van der Waals surface area contributed by atoms with Gasteiger partial charge in [-0.15, -0.1) is 0 Å². The molecule has 0 saturated heterocycles. The van der Waals surface area contributed by atoms with Crippen molar-refractivity contribution >= 4 is 5.97 Å². The highest BCUT2D eigenvalue weighted by atomic mass is 16.4. The van der Waals surface area contributed by atoms with Crippen molar-refractivity contribution in [2.24, 2.45) is 0 Å². The van der Waals surface area contributed by atoms with Gasteiger partial charge >= 0.3 is 5.97 Å². The SMILES string of the molecule is CCCCCCCC[C@H](O)[C@H](O)CCCCCC(=O)O. The second-order valence-electron chi connectivity index (χ2n) is 5.68. The Labute approximate surface area is 123 Å². The zero-order valence-electron chi connectivity index (χ0n) is 12.9. The van der Waals surface area contributed by atoms with Gasteiger partial charge in [-0.05, 0) is 19.3 Å². The average Bonchev–Trinajstić information content (AvgIpc) is 2.41. The zero-order chi connectivity index (χ0) is 15.2. The van der Waals surface area contributed by atoms with E-state index in [1.165, 1.54) is 25.7 Å². The number of carbonyl (C=O) groups is 1. The van der Waals surface area contributed by atoms with Gasteiger partial charge < -0.3 is 15.3 Å². The molecule has 0 spiro atoms. The molecule has 3 N–H and O–H groups in total. The second-order valence-corrected chi connectivity index (χ2v) is 5.68. The van der Waals surface area contributed by atoms with Gasteiger partial charge in [0.05, 0.1) is 12.2 Å². The zero-order valence-corrected chi connectivity index (χ0v) is 12.9. The van der Waals surface area contributed by atoms with Crippen molar-refractivity contribution in [2.75, 3.05) is 0 Å². The number of carboxylic acids is 1. The van der Waals surface area contributed by atoms with Gasteiger partial charge in [0.2, 0.25) is 0 Å². The van der Waals surface area contributed by atoms with Gasteiger partial charge in [0, 0.05) is 6.42 Å². The summed E-state index contributed by atoms with van der Waals surface area (Å²) in [4.78, 5) is 10.3. The summed E-state index contributed by atoms with van der Waals surface area (Å²) in [6.45, 7) is 2.19. The summed E-state index contributed by atoms with van der Waals surface area (Å²) in [7, 11) is 0. The first-order valence-electron chi connectivity index (χ1n) is 8.15. The lowest BCUT2D eigenvalue weighted by molar-refractivity contribution is -0.137. The highest BCUT2D eigenvalue weighted by Gasteiger charge is 2.15. The molecule has 0 aliphatic rings. The monoisotopic (exact) mass is 288 g/mol. The van der Waals surface area contributed by atoms with Crippen LogP contribution in [0.4, 0.5) is 0 Å². The molecule has 0 rings (SSSR count). The summed E-state index contributed by atoms with van der Waals surface area (Å²) in [6.07, 6.45) is 9.47. The lowest BCUT2D eigenvalue weighted by Crippen LogP contribution is -2.25. The van der Waals surface area contributed by atoms with Gasteiger partial charge in [0.15, 0.2) is 0 Å². The summed E-state index contributed by atoms with van der Waals surface area (Å²) in [5.74, 6) is -0.770. The van der Waals surface area contributed by atoms with E-state index in [1.54, 1.807) is 0 Å². The van der Waals surface area contributed by atoms with Gasteiger partial charge in [-0.25, -0.2) is 0 Å². The molecule has 0 bridgehead atoms. The molecular formula is C16H32O4. The summed E-state index contributed by atoms with van der Waals surface area (Å²) < 4.78 is 0. The summed E-state index contributed by atoms with van der Waals surface area (Å²) >= 11 is 0. The van der Waals surface area contributed by atoms with E-state index in [0.29, 0.717) is 19.3 Å². The Hall–Kier alpha value is -0.610. The molecule has 120 valence electrons. The normalized spacial score (nSPS) is 14.2. The van der Waals surface area contributed by atoms with Crippen molar-refractivity contribution in [3.05, 3.63) is 0 Å². The molecule has 0 amide bonds. The molecule has 0 fully saturated rings. The van der Waals surface area contributed by atoms with Crippen LogP contribution in [0.2, 0.25) is 0 Å². The van der Waals surface area contributed by atoms with Crippen molar-refractivity contribution in [3.63, 3.8) is 0 Å². The van der Waals surface area contributed by atoms with Crippen LogP contribution in [0.3, 0.4) is 0 Å². The molecule has 4 nitrogen and oxygen atoms in total. The lowest BCUT2D eigenvalue weighted by atomic mass is 10.00. The number of rotatable bonds is 14. The number of hydrogen-bond donors (Lipinski definition) is 3. The van der Waals surface area contributed by atoms with Gasteiger partial charge in [-0.1, -0.05) is 58.3 Å². The number of hydrogen-bond acceptors (Lipinski definition) is 3. The van der Waals surface area contributed by atoms with Crippen LogP contribution < -0.4 is 0 Å². The van der Waals surface area contributed by atoms with E-state index in [-0.39, 0.29) is 6.42 Å². The predicted octanol–water partition coefficient (Wildman–Crippen LogP) is 3.49. The third-order valence-electron chi connectivity index (χ3n) is 3.69. The van der Waals surface area contributed by atoms with Crippen LogP contribution in [0.1, 0.15) is 84.0 Å². The van der Waals surface area contributed by atoms with Gasteiger partial charge in [0.1, 0.15) is 0 Å². The van der Waals surface area contributed by atoms with E-state index >= 15 is 0 Å². The van der Waals surface area contributed by atoms with E-state index in [2.05, 4.69) is 6.92 Å². The minimum absolute atomic E-state index is 0.191. The first kappa shape index (κ1) is 19.4.